The summed E-state index contributed by atoms with van der Waals surface area (Å²) in [6.45, 7) is 5.32. The molecule has 0 fully saturated rings. The lowest BCUT2D eigenvalue weighted by Gasteiger charge is -2.12. The number of hydrogen-bond donors (Lipinski definition) is 1. The van der Waals surface area contributed by atoms with Gasteiger partial charge in [-0.15, -0.1) is 0 Å². The molecule has 0 aromatic carbocycles. The number of nitrogens with zero attached hydrogens (tertiary/aromatic N) is 1. The van der Waals surface area contributed by atoms with E-state index in [1.165, 1.54) is 30.0 Å². The number of aryl methyl sites for hydroxylation is 2. The first-order valence-electron chi connectivity index (χ1n) is 5.13. The third kappa shape index (κ3) is 3.29. The maximum atomic E-state index is 3.43. The van der Waals surface area contributed by atoms with Gasteiger partial charge in [0.15, 0.2) is 0 Å². The van der Waals surface area contributed by atoms with E-state index in [1.807, 2.05) is 11.8 Å². The Labute approximate surface area is 91.0 Å². The zero-order valence-corrected chi connectivity index (χ0v) is 10.2. The molecule has 2 nitrogen and oxygen atoms in total. The second kappa shape index (κ2) is 6.02. The van der Waals surface area contributed by atoms with Crippen molar-refractivity contribution in [2.75, 3.05) is 24.0 Å². The Balaban J connectivity index is 2.24. The van der Waals surface area contributed by atoms with Crippen LogP contribution in [0.2, 0.25) is 0 Å². The Kier molecular flexibility index (Phi) is 4.94. The van der Waals surface area contributed by atoms with Crippen molar-refractivity contribution in [3.63, 3.8) is 0 Å². The highest BCUT2D eigenvalue weighted by atomic mass is 32.2. The van der Waals surface area contributed by atoms with Crippen LogP contribution in [0, 0.1) is 13.8 Å². The Hall–Kier alpha value is -0.570. The molecule has 0 spiro atoms. The number of rotatable bonds is 6. The molecule has 0 aliphatic carbocycles. The maximum absolute atomic E-state index is 3.43. The van der Waals surface area contributed by atoms with Crippen molar-refractivity contribution in [1.82, 2.24) is 4.68 Å². The Morgan fingerprint density at radius 3 is 2.43 bits per heavy atom. The summed E-state index contributed by atoms with van der Waals surface area (Å²) in [4.78, 5) is 0. The van der Waals surface area contributed by atoms with Gasteiger partial charge in [0.05, 0.1) is 0 Å². The van der Waals surface area contributed by atoms with E-state index >= 15 is 0 Å². The summed E-state index contributed by atoms with van der Waals surface area (Å²) in [5, 5.41) is 0. The number of hydrogen-bond acceptors (Lipinski definition) is 2. The number of nitrogens with one attached hydrogen (secondary N) is 1. The Morgan fingerprint density at radius 2 is 1.86 bits per heavy atom. The molecule has 0 aliphatic heterocycles. The smallest absolute Gasteiger partial charge is 0.0366 e. The molecular weight excluding hydrogens is 192 g/mol. The van der Waals surface area contributed by atoms with Crippen LogP contribution in [0.25, 0.3) is 0 Å². The maximum Gasteiger partial charge on any atom is 0.0366 e. The third-order valence-corrected chi connectivity index (χ3v) is 3.01. The average molecular weight is 212 g/mol. The van der Waals surface area contributed by atoms with E-state index in [0.29, 0.717) is 0 Å². The fourth-order valence-corrected chi connectivity index (χ4v) is 1.97. The second-order valence-corrected chi connectivity index (χ2v) is 4.55. The first kappa shape index (κ1) is 11.5. The van der Waals surface area contributed by atoms with Gasteiger partial charge in [-0.3, -0.25) is 4.68 Å². The van der Waals surface area contributed by atoms with Gasteiger partial charge in [-0.1, -0.05) is 0 Å². The zero-order chi connectivity index (χ0) is 10.4. The zero-order valence-electron chi connectivity index (χ0n) is 9.34. The normalized spacial score (nSPS) is 10.5. The third-order valence-electron chi connectivity index (χ3n) is 2.32. The SMILES string of the molecule is CSCCCCNn1c(C)ccc1C. The van der Waals surface area contributed by atoms with Crippen molar-refractivity contribution in [2.24, 2.45) is 0 Å². The van der Waals surface area contributed by atoms with E-state index in [1.54, 1.807) is 0 Å². The van der Waals surface area contributed by atoms with Gasteiger partial charge in [-0.2, -0.15) is 11.8 Å². The van der Waals surface area contributed by atoms with Crippen molar-refractivity contribution in [3.8, 4) is 0 Å². The second-order valence-electron chi connectivity index (χ2n) is 3.56. The lowest BCUT2D eigenvalue weighted by atomic mass is 10.3. The molecule has 0 aliphatic rings. The molecule has 80 valence electrons. The molecule has 0 saturated carbocycles. The summed E-state index contributed by atoms with van der Waals surface area (Å²) in [5.74, 6) is 1.27. The van der Waals surface area contributed by atoms with Gasteiger partial charge < -0.3 is 5.43 Å². The van der Waals surface area contributed by atoms with Gasteiger partial charge >= 0.3 is 0 Å². The van der Waals surface area contributed by atoms with E-state index in [2.05, 4.69) is 42.3 Å². The molecule has 0 unspecified atom stereocenters. The van der Waals surface area contributed by atoms with Crippen molar-refractivity contribution in [1.29, 1.82) is 0 Å². The predicted molar refractivity (Wildman–Crippen MR) is 65.7 cm³/mol. The van der Waals surface area contributed by atoms with Gasteiger partial charge in [0.2, 0.25) is 0 Å². The molecule has 1 aromatic heterocycles. The molecule has 0 bridgehead atoms. The van der Waals surface area contributed by atoms with Crippen molar-refractivity contribution >= 4 is 11.8 Å². The summed E-state index contributed by atoms with van der Waals surface area (Å²) in [5.41, 5.74) is 6.00. The molecular formula is C11H20N2S. The Morgan fingerprint density at radius 1 is 1.21 bits per heavy atom. The van der Waals surface area contributed by atoms with E-state index < -0.39 is 0 Å². The fraction of sp³-hybridized carbons (Fsp3) is 0.636. The standard InChI is InChI=1S/C11H20N2S/c1-10-6-7-11(2)13(10)12-8-4-5-9-14-3/h6-7,12H,4-5,8-9H2,1-3H3. The molecule has 1 heterocycles. The molecule has 1 N–H and O–H groups in total. The molecule has 3 heteroatoms. The average Bonchev–Trinajstić information content (AvgIpc) is 2.48. The minimum atomic E-state index is 1.07. The molecule has 14 heavy (non-hydrogen) atoms. The van der Waals surface area contributed by atoms with Crippen LogP contribution >= 0.6 is 11.8 Å². The number of unbranched alkanes of at least 4 members (excludes halogenated alkanes) is 1. The van der Waals surface area contributed by atoms with Gasteiger partial charge in [0.1, 0.15) is 0 Å². The minimum absolute atomic E-state index is 1.07. The van der Waals surface area contributed by atoms with Crippen molar-refractivity contribution in [2.45, 2.75) is 26.7 Å². The highest BCUT2D eigenvalue weighted by Crippen LogP contribution is 2.04. The molecule has 0 saturated heterocycles. The van der Waals surface area contributed by atoms with E-state index in [-0.39, 0.29) is 0 Å². The molecule has 1 aromatic rings. The van der Waals surface area contributed by atoms with Crippen LogP contribution in [0.1, 0.15) is 24.2 Å². The summed E-state index contributed by atoms with van der Waals surface area (Å²) in [6.07, 6.45) is 4.71. The molecule has 0 radical (unpaired) electrons. The van der Waals surface area contributed by atoms with Crippen molar-refractivity contribution < 1.29 is 0 Å². The highest BCUT2D eigenvalue weighted by molar-refractivity contribution is 7.98. The summed E-state index contributed by atoms with van der Waals surface area (Å²) < 4.78 is 2.17. The Bertz CT molecular complexity index is 249. The first-order valence-corrected chi connectivity index (χ1v) is 6.53. The monoisotopic (exact) mass is 212 g/mol. The van der Waals surface area contributed by atoms with Crippen LogP contribution < -0.4 is 5.43 Å². The fourth-order valence-electron chi connectivity index (χ4n) is 1.48. The van der Waals surface area contributed by atoms with E-state index in [0.717, 1.165) is 6.54 Å². The van der Waals surface area contributed by atoms with Gasteiger partial charge in [-0.05, 0) is 50.8 Å². The van der Waals surface area contributed by atoms with E-state index in [9.17, 15) is 0 Å². The van der Waals surface area contributed by atoms with Crippen LogP contribution in [0.3, 0.4) is 0 Å². The quantitative estimate of drug-likeness (QED) is 0.730. The minimum Gasteiger partial charge on any atom is -0.326 e. The van der Waals surface area contributed by atoms with Crippen LogP contribution in [-0.2, 0) is 0 Å². The van der Waals surface area contributed by atoms with Crippen LogP contribution in [0.4, 0.5) is 0 Å². The first-order chi connectivity index (χ1) is 6.75. The number of aromatic nitrogens is 1. The molecule has 0 amide bonds. The van der Waals surface area contributed by atoms with Crippen LogP contribution in [0.5, 0.6) is 0 Å². The predicted octanol–water partition coefficient (Wildman–Crippen LogP) is 2.79. The van der Waals surface area contributed by atoms with Gasteiger partial charge in [0.25, 0.3) is 0 Å². The van der Waals surface area contributed by atoms with Gasteiger partial charge in [-0.25, -0.2) is 0 Å². The van der Waals surface area contributed by atoms with E-state index in [4.69, 9.17) is 0 Å². The lowest BCUT2D eigenvalue weighted by Crippen LogP contribution is -2.18. The molecule has 1 rings (SSSR count). The largest absolute Gasteiger partial charge is 0.326 e. The topological polar surface area (TPSA) is 17.0 Å². The summed E-state index contributed by atoms with van der Waals surface area (Å²) >= 11 is 1.92. The van der Waals surface area contributed by atoms with Crippen molar-refractivity contribution in [3.05, 3.63) is 23.5 Å². The number of thioether (sulfide) groups is 1. The van der Waals surface area contributed by atoms with Crippen LogP contribution in [0.15, 0.2) is 12.1 Å². The summed E-state index contributed by atoms with van der Waals surface area (Å²) in [6, 6.07) is 4.29. The lowest BCUT2D eigenvalue weighted by molar-refractivity contribution is 0.734. The highest BCUT2D eigenvalue weighted by Gasteiger charge is 1.98. The van der Waals surface area contributed by atoms with Crippen LogP contribution in [-0.4, -0.2) is 23.2 Å². The summed E-state index contributed by atoms with van der Waals surface area (Å²) in [7, 11) is 0. The molecule has 0 atom stereocenters. The van der Waals surface area contributed by atoms with Gasteiger partial charge in [0, 0.05) is 17.9 Å².